The largest absolute Gasteiger partial charge is 0.456 e. The first-order valence-corrected chi connectivity index (χ1v) is 3.40. The van der Waals surface area contributed by atoms with Crippen molar-refractivity contribution in [1.82, 2.24) is 4.98 Å². The van der Waals surface area contributed by atoms with E-state index >= 15 is 0 Å². The van der Waals surface area contributed by atoms with Crippen molar-refractivity contribution in [3.05, 3.63) is 18.4 Å². The Bertz CT molecular complexity index is 305. The van der Waals surface area contributed by atoms with Gasteiger partial charge in [-0.25, -0.2) is 9.78 Å². The van der Waals surface area contributed by atoms with E-state index < -0.39 is 5.97 Å². The minimum Gasteiger partial charge on any atom is -0.456 e. The Morgan fingerprint density at radius 3 is 3.25 bits per heavy atom. The lowest BCUT2D eigenvalue weighted by molar-refractivity contribution is -0.136. The number of carbonyl (C=O) groups is 1. The molecule has 0 aliphatic rings. The highest BCUT2D eigenvalue weighted by atomic mass is 16.5. The summed E-state index contributed by atoms with van der Waals surface area (Å²) in [5.74, 6) is 4.49. The standard InChI is InChI=1S/C8H7NO3/c1-2-11-8(10)4-3-7-5-9-6-12-7/h5-6H,2H2,1H3. The van der Waals surface area contributed by atoms with Crippen molar-refractivity contribution in [3.63, 3.8) is 0 Å². The molecule has 1 aromatic rings. The second kappa shape index (κ2) is 4.19. The Labute approximate surface area is 69.5 Å². The van der Waals surface area contributed by atoms with Gasteiger partial charge in [0.25, 0.3) is 0 Å². The van der Waals surface area contributed by atoms with Crippen molar-refractivity contribution in [2.45, 2.75) is 6.92 Å². The highest BCUT2D eigenvalue weighted by Crippen LogP contribution is 1.91. The lowest BCUT2D eigenvalue weighted by atomic mass is 10.5. The zero-order valence-corrected chi connectivity index (χ0v) is 6.53. The third kappa shape index (κ3) is 2.46. The first kappa shape index (κ1) is 8.34. The van der Waals surface area contributed by atoms with Crippen molar-refractivity contribution >= 4 is 5.97 Å². The molecule has 0 saturated heterocycles. The summed E-state index contributed by atoms with van der Waals surface area (Å²) in [6.45, 7) is 2.04. The maximum Gasteiger partial charge on any atom is 0.384 e. The summed E-state index contributed by atoms with van der Waals surface area (Å²) in [5.41, 5.74) is 0. The van der Waals surface area contributed by atoms with Gasteiger partial charge in [0.15, 0.2) is 12.2 Å². The summed E-state index contributed by atoms with van der Waals surface area (Å²) in [4.78, 5) is 14.3. The van der Waals surface area contributed by atoms with Crippen LogP contribution in [-0.4, -0.2) is 17.6 Å². The molecule has 0 aliphatic heterocycles. The lowest BCUT2D eigenvalue weighted by Crippen LogP contribution is -1.99. The van der Waals surface area contributed by atoms with E-state index in [0.29, 0.717) is 12.4 Å². The van der Waals surface area contributed by atoms with E-state index in [2.05, 4.69) is 21.6 Å². The quantitative estimate of drug-likeness (QED) is 0.451. The molecule has 1 rings (SSSR count). The molecule has 0 fully saturated rings. The Morgan fingerprint density at radius 2 is 2.67 bits per heavy atom. The molecule has 4 heteroatoms. The predicted molar refractivity (Wildman–Crippen MR) is 40.0 cm³/mol. The molecule has 1 heterocycles. The third-order valence-electron chi connectivity index (χ3n) is 0.996. The van der Waals surface area contributed by atoms with E-state index in [1.54, 1.807) is 6.92 Å². The average molecular weight is 165 g/mol. The number of carbonyl (C=O) groups excluding carboxylic acids is 1. The summed E-state index contributed by atoms with van der Waals surface area (Å²) in [7, 11) is 0. The number of rotatable bonds is 1. The van der Waals surface area contributed by atoms with Crippen LogP contribution in [0.1, 0.15) is 12.7 Å². The predicted octanol–water partition coefficient (Wildman–Crippen LogP) is 0.589. The Morgan fingerprint density at radius 1 is 1.83 bits per heavy atom. The topological polar surface area (TPSA) is 52.3 Å². The van der Waals surface area contributed by atoms with Crippen LogP contribution in [0.2, 0.25) is 0 Å². The molecular weight excluding hydrogens is 158 g/mol. The molecule has 0 atom stereocenters. The molecule has 0 bridgehead atoms. The van der Waals surface area contributed by atoms with E-state index in [9.17, 15) is 4.79 Å². The van der Waals surface area contributed by atoms with Gasteiger partial charge in [0, 0.05) is 5.92 Å². The first-order valence-electron chi connectivity index (χ1n) is 3.40. The van der Waals surface area contributed by atoms with Crippen LogP contribution in [0.15, 0.2) is 17.0 Å². The molecule has 0 unspecified atom stereocenters. The number of oxazole rings is 1. The molecule has 0 amide bonds. The van der Waals surface area contributed by atoms with Crippen molar-refractivity contribution in [2.24, 2.45) is 0 Å². The van der Waals surface area contributed by atoms with E-state index in [4.69, 9.17) is 4.42 Å². The van der Waals surface area contributed by atoms with Crippen molar-refractivity contribution in [2.75, 3.05) is 6.61 Å². The molecular formula is C8H7NO3. The normalized spacial score (nSPS) is 8.42. The summed E-state index contributed by atoms with van der Waals surface area (Å²) in [5, 5.41) is 0. The number of ether oxygens (including phenoxy) is 1. The second-order valence-corrected chi connectivity index (χ2v) is 1.84. The number of nitrogens with zero attached hydrogens (tertiary/aromatic N) is 1. The van der Waals surface area contributed by atoms with Gasteiger partial charge in [0.2, 0.25) is 0 Å². The number of aromatic nitrogens is 1. The van der Waals surface area contributed by atoms with Crippen LogP contribution >= 0.6 is 0 Å². The van der Waals surface area contributed by atoms with Gasteiger partial charge in [-0.2, -0.15) is 0 Å². The Balaban J connectivity index is 2.54. The summed E-state index contributed by atoms with van der Waals surface area (Å²) >= 11 is 0. The monoisotopic (exact) mass is 165 g/mol. The highest BCUT2D eigenvalue weighted by Gasteiger charge is 1.93. The number of esters is 1. The van der Waals surface area contributed by atoms with E-state index in [0.717, 1.165) is 0 Å². The fraction of sp³-hybridized carbons (Fsp3) is 0.250. The van der Waals surface area contributed by atoms with Crippen LogP contribution in [0.25, 0.3) is 0 Å². The van der Waals surface area contributed by atoms with E-state index in [-0.39, 0.29) is 0 Å². The Hall–Kier alpha value is -1.76. The minimum absolute atomic E-state index is 0.323. The van der Waals surface area contributed by atoms with Crippen LogP contribution in [-0.2, 0) is 9.53 Å². The maximum atomic E-state index is 10.7. The highest BCUT2D eigenvalue weighted by molar-refractivity contribution is 5.88. The van der Waals surface area contributed by atoms with Gasteiger partial charge >= 0.3 is 5.97 Å². The number of hydrogen-bond acceptors (Lipinski definition) is 4. The van der Waals surface area contributed by atoms with Gasteiger partial charge in [-0.3, -0.25) is 0 Å². The van der Waals surface area contributed by atoms with Crippen LogP contribution in [0.3, 0.4) is 0 Å². The molecule has 0 N–H and O–H groups in total. The van der Waals surface area contributed by atoms with Crippen molar-refractivity contribution in [3.8, 4) is 11.8 Å². The summed E-state index contributed by atoms with van der Waals surface area (Å²) < 4.78 is 9.34. The summed E-state index contributed by atoms with van der Waals surface area (Å²) in [6, 6.07) is 0. The molecule has 0 aromatic carbocycles. The van der Waals surface area contributed by atoms with Gasteiger partial charge in [-0.1, -0.05) is 0 Å². The van der Waals surface area contributed by atoms with Gasteiger partial charge in [0.1, 0.15) is 0 Å². The lowest BCUT2D eigenvalue weighted by Gasteiger charge is -1.89. The Kier molecular flexibility index (Phi) is 2.91. The fourth-order valence-electron chi connectivity index (χ4n) is 0.557. The van der Waals surface area contributed by atoms with Crippen LogP contribution < -0.4 is 0 Å². The van der Waals surface area contributed by atoms with Crippen molar-refractivity contribution in [1.29, 1.82) is 0 Å². The molecule has 0 saturated carbocycles. The molecule has 0 spiro atoms. The zero-order valence-electron chi connectivity index (χ0n) is 6.53. The van der Waals surface area contributed by atoms with Crippen molar-refractivity contribution < 1.29 is 13.9 Å². The number of hydrogen-bond donors (Lipinski definition) is 0. The first-order chi connectivity index (χ1) is 5.83. The van der Waals surface area contributed by atoms with Crippen LogP contribution in [0.5, 0.6) is 0 Å². The second-order valence-electron chi connectivity index (χ2n) is 1.84. The van der Waals surface area contributed by atoms with Gasteiger partial charge in [0.05, 0.1) is 12.8 Å². The van der Waals surface area contributed by atoms with Crippen LogP contribution in [0.4, 0.5) is 0 Å². The van der Waals surface area contributed by atoms with Gasteiger partial charge in [-0.15, -0.1) is 0 Å². The van der Waals surface area contributed by atoms with Gasteiger partial charge < -0.3 is 9.15 Å². The smallest absolute Gasteiger partial charge is 0.384 e. The van der Waals surface area contributed by atoms with Crippen LogP contribution in [0, 0.1) is 11.8 Å². The molecule has 12 heavy (non-hydrogen) atoms. The molecule has 4 nitrogen and oxygen atoms in total. The molecule has 0 aliphatic carbocycles. The minimum atomic E-state index is -0.561. The SMILES string of the molecule is CCOC(=O)C#Cc1cnco1. The molecule has 1 aromatic heterocycles. The maximum absolute atomic E-state index is 10.7. The third-order valence-corrected chi connectivity index (χ3v) is 0.996. The van der Waals surface area contributed by atoms with Gasteiger partial charge in [-0.05, 0) is 12.8 Å². The molecule has 0 radical (unpaired) electrons. The van der Waals surface area contributed by atoms with E-state index in [1.165, 1.54) is 12.6 Å². The molecule has 62 valence electrons. The average Bonchev–Trinajstić information content (AvgIpc) is 2.53. The van der Waals surface area contributed by atoms with E-state index in [1.807, 2.05) is 0 Å². The zero-order chi connectivity index (χ0) is 8.81. The summed E-state index contributed by atoms with van der Waals surface area (Å²) in [6.07, 6.45) is 2.67. The fourth-order valence-corrected chi connectivity index (χ4v) is 0.557.